The molecule has 2 rings (SSSR count). The number of carbonyl (C=O) groups is 1. The summed E-state index contributed by atoms with van der Waals surface area (Å²) in [4.78, 5) is 14.3. The molecule has 1 saturated heterocycles. The Morgan fingerprint density at radius 1 is 1.22 bits per heavy atom. The zero-order valence-corrected chi connectivity index (χ0v) is 11.6. The Morgan fingerprint density at radius 3 is 2.61 bits per heavy atom. The average Bonchev–Trinajstić information content (AvgIpc) is 2.40. The summed E-state index contributed by atoms with van der Waals surface area (Å²) < 4.78 is 0. The van der Waals surface area contributed by atoms with Gasteiger partial charge in [0.2, 0.25) is 0 Å². The molecule has 1 aromatic carbocycles. The molecule has 5 heteroatoms. The number of Topliss-reactive ketones (excluding diaryl/α,β-unsaturated/α-hetero) is 1. The first-order valence-corrected chi connectivity index (χ1v) is 6.84. The Kier molecular flexibility index (Phi) is 5.01. The molecule has 1 fully saturated rings. The summed E-state index contributed by atoms with van der Waals surface area (Å²) in [6, 6.07) is 5.04. The molecule has 0 atom stereocenters. The van der Waals surface area contributed by atoms with E-state index < -0.39 is 0 Å². The van der Waals surface area contributed by atoms with Gasteiger partial charge in [0.15, 0.2) is 5.78 Å². The van der Waals surface area contributed by atoms with Crippen molar-refractivity contribution in [1.82, 2.24) is 10.2 Å². The van der Waals surface area contributed by atoms with Crippen molar-refractivity contribution in [3.05, 3.63) is 33.8 Å². The maximum atomic E-state index is 12.0. The number of hydrogen-bond acceptors (Lipinski definition) is 3. The highest BCUT2D eigenvalue weighted by Crippen LogP contribution is 2.23. The van der Waals surface area contributed by atoms with Crippen LogP contribution in [0.1, 0.15) is 16.8 Å². The molecule has 98 valence electrons. The van der Waals surface area contributed by atoms with Crippen LogP contribution in [0.15, 0.2) is 18.2 Å². The number of hydrogen-bond donors (Lipinski definition) is 1. The maximum absolute atomic E-state index is 12.0. The van der Waals surface area contributed by atoms with Gasteiger partial charge in [-0.3, -0.25) is 4.79 Å². The molecule has 1 aliphatic rings. The highest BCUT2D eigenvalue weighted by molar-refractivity contribution is 6.42. The molecule has 1 aromatic rings. The van der Waals surface area contributed by atoms with Gasteiger partial charge in [0.1, 0.15) is 0 Å². The third-order valence-electron chi connectivity index (χ3n) is 3.11. The van der Waals surface area contributed by atoms with Gasteiger partial charge in [-0.25, -0.2) is 0 Å². The van der Waals surface area contributed by atoms with Gasteiger partial charge in [-0.2, -0.15) is 0 Å². The molecular weight excluding hydrogens is 271 g/mol. The first-order chi connectivity index (χ1) is 8.66. The summed E-state index contributed by atoms with van der Waals surface area (Å²) in [5, 5.41) is 4.21. The quantitative estimate of drug-likeness (QED) is 0.863. The van der Waals surface area contributed by atoms with Gasteiger partial charge >= 0.3 is 0 Å². The molecule has 0 spiro atoms. The number of benzene rings is 1. The highest BCUT2D eigenvalue weighted by atomic mass is 35.5. The van der Waals surface area contributed by atoms with E-state index in [1.165, 1.54) is 0 Å². The molecule has 1 N–H and O–H groups in total. The molecular formula is C13H16Cl2N2O. The first kappa shape index (κ1) is 13.8. The van der Waals surface area contributed by atoms with Crippen LogP contribution in [0.2, 0.25) is 10.0 Å². The van der Waals surface area contributed by atoms with Crippen LogP contribution >= 0.6 is 23.2 Å². The summed E-state index contributed by atoms with van der Waals surface area (Å²) in [5.74, 6) is 0.118. The largest absolute Gasteiger partial charge is 0.314 e. The molecule has 0 bridgehead atoms. The van der Waals surface area contributed by atoms with Crippen molar-refractivity contribution in [3.8, 4) is 0 Å². The van der Waals surface area contributed by atoms with E-state index in [0.29, 0.717) is 22.0 Å². The van der Waals surface area contributed by atoms with Gasteiger partial charge in [0, 0.05) is 44.7 Å². The molecule has 3 nitrogen and oxygen atoms in total. The van der Waals surface area contributed by atoms with Crippen LogP contribution in [0.4, 0.5) is 0 Å². The van der Waals surface area contributed by atoms with Crippen molar-refractivity contribution >= 4 is 29.0 Å². The molecule has 0 saturated carbocycles. The predicted molar refractivity (Wildman–Crippen MR) is 74.7 cm³/mol. The molecule has 18 heavy (non-hydrogen) atoms. The second-order valence-corrected chi connectivity index (χ2v) is 5.21. The Balaban J connectivity index is 1.88. The van der Waals surface area contributed by atoms with E-state index in [1.807, 2.05) is 0 Å². The van der Waals surface area contributed by atoms with Gasteiger partial charge in [0.05, 0.1) is 10.0 Å². The van der Waals surface area contributed by atoms with Gasteiger partial charge < -0.3 is 10.2 Å². The molecule has 0 aliphatic carbocycles. The van der Waals surface area contributed by atoms with Crippen molar-refractivity contribution < 1.29 is 4.79 Å². The van der Waals surface area contributed by atoms with Crippen LogP contribution < -0.4 is 5.32 Å². The number of ketones is 1. The number of halogens is 2. The molecule has 0 aromatic heterocycles. The van der Waals surface area contributed by atoms with E-state index in [-0.39, 0.29) is 5.78 Å². The second-order valence-electron chi connectivity index (χ2n) is 4.39. The molecule has 0 amide bonds. The Labute approximate surface area is 117 Å². The zero-order chi connectivity index (χ0) is 13.0. The van der Waals surface area contributed by atoms with Crippen LogP contribution in [0.3, 0.4) is 0 Å². The van der Waals surface area contributed by atoms with E-state index in [9.17, 15) is 4.79 Å². The fraction of sp³-hybridized carbons (Fsp3) is 0.462. The van der Waals surface area contributed by atoms with Crippen LogP contribution in [-0.2, 0) is 0 Å². The standard InChI is InChI=1S/C13H16Cl2N2O/c14-11-2-1-10(9-12(11)15)13(18)3-6-17-7-4-16-5-8-17/h1-2,9,16H,3-8H2. The van der Waals surface area contributed by atoms with E-state index in [0.717, 1.165) is 32.7 Å². The highest BCUT2D eigenvalue weighted by Gasteiger charge is 2.13. The lowest BCUT2D eigenvalue weighted by Crippen LogP contribution is -2.44. The van der Waals surface area contributed by atoms with Crippen LogP contribution in [0.5, 0.6) is 0 Å². The third kappa shape index (κ3) is 3.69. The normalized spacial score (nSPS) is 16.8. The van der Waals surface area contributed by atoms with Crippen molar-refractivity contribution in [2.75, 3.05) is 32.7 Å². The molecule has 1 aliphatic heterocycles. The number of nitrogens with zero attached hydrogens (tertiary/aromatic N) is 1. The predicted octanol–water partition coefficient (Wildman–Crippen LogP) is 2.47. The summed E-state index contributed by atoms with van der Waals surface area (Å²) in [6.45, 7) is 4.83. The van der Waals surface area contributed by atoms with Gasteiger partial charge in [-0.15, -0.1) is 0 Å². The van der Waals surface area contributed by atoms with Gasteiger partial charge in [0.25, 0.3) is 0 Å². The van der Waals surface area contributed by atoms with Crippen molar-refractivity contribution in [2.45, 2.75) is 6.42 Å². The summed E-state index contributed by atoms with van der Waals surface area (Å²) in [7, 11) is 0. The van der Waals surface area contributed by atoms with Crippen molar-refractivity contribution in [3.63, 3.8) is 0 Å². The van der Waals surface area contributed by atoms with E-state index in [4.69, 9.17) is 23.2 Å². The number of rotatable bonds is 4. The monoisotopic (exact) mass is 286 g/mol. The fourth-order valence-corrected chi connectivity index (χ4v) is 2.31. The summed E-state index contributed by atoms with van der Waals surface area (Å²) in [5.41, 5.74) is 0.638. The topological polar surface area (TPSA) is 32.3 Å². The zero-order valence-electron chi connectivity index (χ0n) is 10.1. The smallest absolute Gasteiger partial charge is 0.164 e. The lowest BCUT2D eigenvalue weighted by atomic mass is 10.1. The minimum Gasteiger partial charge on any atom is -0.314 e. The Bertz CT molecular complexity index is 431. The molecule has 0 unspecified atom stereocenters. The van der Waals surface area contributed by atoms with Gasteiger partial charge in [-0.05, 0) is 18.2 Å². The number of piperazine rings is 1. The maximum Gasteiger partial charge on any atom is 0.164 e. The van der Waals surface area contributed by atoms with Crippen LogP contribution in [0, 0.1) is 0 Å². The minimum atomic E-state index is 0.118. The molecule has 1 heterocycles. The fourth-order valence-electron chi connectivity index (χ4n) is 2.01. The number of nitrogens with one attached hydrogen (secondary N) is 1. The third-order valence-corrected chi connectivity index (χ3v) is 3.85. The Morgan fingerprint density at radius 2 is 1.94 bits per heavy atom. The van der Waals surface area contributed by atoms with Gasteiger partial charge in [-0.1, -0.05) is 23.2 Å². The van der Waals surface area contributed by atoms with Crippen LogP contribution in [-0.4, -0.2) is 43.4 Å². The lowest BCUT2D eigenvalue weighted by molar-refractivity contribution is 0.0960. The Hall–Kier alpha value is -0.610. The van der Waals surface area contributed by atoms with Crippen LogP contribution in [0.25, 0.3) is 0 Å². The number of carbonyl (C=O) groups excluding carboxylic acids is 1. The minimum absolute atomic E-state index is 0.118. The SMILES string of the molecule is O=C(CCN1CCNCC1)c1ccc(Cl)c(Cl)c1. The van der Waals surface area contributed by atoms with E-state index >= 15 is 0 Å². The van der Waals surface area contributed by atoms with E-state index in [1.54, 1.807) is 18.2 Å². The first-order valence-electron chi connectivity index (χ1n) is 6.08. The van der Waals surface area contributed by atoms with E-state index in [2.05, 4.69) is 10.2 Å². The second kappa shape index (κ2) is 6.53. The summed E-state index contributed by atoms with van der Waals surface area (Å²) in [6.07, 6.45) is 0.526. The van der Waals surface area contributed by atoms with Crippen molar-refractivity contribution in [2.24, 2.45) is 0 Å². The lowest BCUT2D eigenvalue weighted by Gasteiger charge is -2.26. The van der Waals surface area contributed by atoms with Crippen molar-refractivity contribution in [1.29, 1.82) is 0 Å². The average molecular weight is 287 g/mol. The molecule has 0 radical (unpaired) electrons. The summed E-state index contributed by atoms with van der Waals surface area (Å²) >= 11 is 11.7.